The quantitative estimate of drug-likeness (QED) is 0.626. The van der Waals surface area contributed by atoms with E-state index in [1.807, 2.05) is 0 Å². The first kappa shape index (κ1) is 11.6. The van der Waals surface area contributed by atoms with Gasteiger partial charge >= 0.3 is 0 Å². The van der Waals surface area contributed by atoms with Gasteiger partial charge in [-0.3, -0.25) is 9.35 Å². The molecule has 80 valence electrons. The van der Waals surface area contributed by atoms with Crippen molar-refractivity contribution in [3.63, 3.8) is 0 Å². The van der Waals surface area contributed by atoms with Crippen LogP contribution in [0, 0.1) is 0 Å². The van der Waals surface area contributed by atoms with E-state index < -0.39 is 10.1 Å². The molecule has 1 aromatic carbocycles. The summed E-state index contributed by atoms with van der Waals surface area (Å²) < 4.78 is 30.1. The van der Waals surface area contributed by atoms with Gasteiger partial charge in [-0.1, -0.05) is 18.2 Å². The molecular weight excluding hydrogens is 216 g/mol. The first-order valence-corrected chi connectivity index (χ1v) is 5.60. The molecule has 1 rings (SSSR count). The van der Waals surface area contributed by atoms with E-state index >= 15 is 0 Å². The maximum atomic E-state index is 10.7. The molecule has 0 spiro atoms. The summed E-state index contributed by atoms with van der Waals surface area (Å²) in [6, 6.07) is 5.55. The molecule has 0 fully saturated rings. The molecule has 1 aromatic rings. The molecule has 0 saturated carbocycles. The number of hydrogen-bond donors (Lipinski definition) is 1. The average molecular weight is 226 g/mol. The smallest absolute Gasteiger partial charge is 0.294 e. The molecule has 0 saturated heterocycles. The minimum Gasteiger partial charge on any atom is -0.295 e. The molecule has 0 unspecified atom stereocenters. The molecule has 15 heavy (non-hydrogen) atoms. The van der Waals surface area contributed by atoms with Gasteiger partial charge in [0.1, 0.15) is 0 Å². The van der Waals surface area contributed by atoms with Crippen LogP contribution >= 0.6 is 0 Å². The number of rotatable bonds is 3. The Morgan fingerprint density at radius 2 is 1.80 bits per heavy atom. The molecule has 0 radical (unpaired) electrons. The standard InChI is InChI=1S/C10H10O4S/c1-8(11)2-3-9-4-6-10(7-5-9)15(12,13)14/h2-7H,1H3,(H,12,13,14). The van der Waals surface area contributed by atoms with Crippen LogP contribution in [-0.2, 0) is 14.9 Å². The summed E-state index contributed by atoms with van der Waals surface area (Å²) in [5, 5.41) is 0. The van der Waals surface area contributed by atoms with E-state index in [2.05, 4.69) is 0 Å². The Kier molecular flexibility index (Phi) is 3.39. The lowest BCUT2D eigenvalue weighted by molar-refractivity contribution is -0.112. The molecule has 0 bridgehead atoms. The van der Waals surface area contributed by atoms with Gasteiger partial charge in [0.15, 0.2) is 5.78 Å². The molecule has 5 heteroatoms. The Morgan fingerprint density at radius 1 is 1.27 bits per heavy atom. The molecule has 0 aliphatic heterocycles. The van der Waals surface area contributed by atoms with E-state index in [4.69, 9.17) is 4.55 Å². The highest BCUT2D eigenvalue weighted by Crippen LogP contribution is 2.10. The predicted molar refractivity (Wildman–Crippen MR) is 56.0 cm³/mol. The minimum absolute atomic E-state index is 0.0890. The molecule has 0 atom stereocenters. The van der Waals surface area contributed by atoms with Crippen LogP contribution in [0.3, 0.4) is 0 Å². The summed E-state index contributed by atoms with van der Waals surface area (Å²) in [5.74, 6) is -0.0890. The normalized spacial score (nSPS) is 11.9. The predicted octanol–water partition coefficient (Wildman–Crippen LogP) is 1.54. The van der Waals surface area contributed by atoms with E-state index in [1.165, 1.54) is 37.3 Å². The Morgan fingerprint density at radius 3 is 2.20 bits per heavy atom. The zero-order valence-corrected chi connectivity index (χ0v) is 8.86. The number of benzene rings is 1. The molecular formula is C10H10O4S. The van der Waals surface area contributed by atoms with Gasteiger partial charge in [-0.15, -0.1) is 0 Å². The third-order valence-electron chi connectivity index (χ3n) is 1.69. The van der Waals surface area contributed by atoms with Crippen LogP contribution in [0.25, 0.3) is 6.08 Å². The van der Waals surface area contributed by atoms with Crippen molar-refractivity contribution in [2.75, 3.05) is 0 Å². The van der Waals surface area contributed by atoms with Gasteiger partial charge in [0.25, 0.3) is 10.1 Å². The molecule has 1 N–H and O–H groups in total. The van der Waals surface area contributed by atoms with Crippen LogP contribution < -0.4 is 0 Å². The zero-order chi connectivity index (χ0) is 11.5. The number of carbonyl (C=O) groups is 1. The van der Waals surface area contributed by atoms with Gasteiger partial charge in [0, 0.05) is 0 Å². The third kappa shape index (κ3) is 3.65. The maximum Gasteiger partial charge on any atom is 0.294 e. The van der Waals surface area contributed by atoms with Gasteiger partial charge in [-0.2, -0.15) is 8.42 Å². The molecule has 4 nitrogen and oxygen atoms in total. The van der Waals surface area contributed by atoms with Gasteiger partial charge in [-0.05, 0) is 30.7 Å². The molecule has 0 amide bonds. The van der Waals surface area contributed by atoms with E-state index in [0.717, 1.165) is 0 Å². The summed E-state index contributed by atoms with van der Waals surface area (Å²) in [4.78, 5) is 10.5. The van der Waals surface area contributed by atoms with Gasteiger partial charge in [0.05, 0.1) is 4.90 Å². The lowest BCUT2D eigenvalue weighted by atomic mass is 10.2. The molecule has 0 aliphatic rings. The van der Waals surface area contributed by atoms with Crippen LogP contribution in [0.4, 0.5) is 0 Å². The SMILES string of the molecule is CC(=O)C=Cc1ccc(S(=O)(=O)O)cc1. The van der Waals surface area contributed by atoms with E-state index in [9.17, 15) is 13.2 Å². The van der Waals surface area contributed by atoms with Crippen molar-refractivity contribution in [2.24, 2.45) is 0 Å². The zero-order valence-electron chi connectivity index (χ0n) is 8.04. The summed E-state index contributed by atoms with van der Waals surface area (Å²) in [7, 11) is -4.14. The largest absolute Gasteiger partial charge is 0.295 e. The Bertz CT molecular complexity index is 483. The summed E-state index contributed by atoms with van der Waals surface area (Å²) in [6.45, 7) is 1.42. The fourth-order valence-corrected chi connectivity index (χ4v) is 1.44. The lowest BCUT2D eigenvalue weighted by Gasteiger charge is -1.97. The highest BCUT2D eigenvalue weighted by atomic mass is 32.2. The van der Waals surface area contributed by atoms with Crippen molar-refractivity contribution in [1.82, 2.24) is 0 Å². The van der Waals surface area contributed by atoms with E-state index in [1.54, 1.807) is 6.08 Å². The van der Waals surface area contributed by atoms with Crippen LogP contribution in [0.1, 0.15) is 12.5 Å². The second-order valence-corrected chi connectivity index (χ2v) is 4.41. The number of hydrogen-bond acceptors (Lipinski definition) is 3. The van der Waals surface area contributed by atoms with Crippen LogP contribution in [0.5, 0.6) is 0 Å². The number of ketones is 1. The fraction of sp³-hybridized carbons (Fsp3) is 0.100. The van der Waals surface area contributed by atoms with Crippen molar-refractivity contribution in [1.29, 1.82) is 0 Å². The monoisotopic (exact) mass is 226 g/mol. The van der Waals surface area contributed by atoms with Crippen LogP contribution in [0.15, 0.2) is 35.2 Å². The van der Waals surface area contributed by atoms with Crippen molar-refractivity contribution < 1.29 is 17.8 Å². The van der Waals surface area contributed by atoms with Crippen LogP contribution in [-0.4, -0.2) is 18.8 Å². The molecule has 0 aliphatic carbocycles. The lowest BCUT2D eigenvalue weighted by Crippen LogP contribution is -1.97. The Labute approximate surface area is 88.0 Å². The van der Waals surface area contributed by atoms with E-state index in [0.29, 0.717) is 5.56 Å². The Balaban J connectivity index is 2.96. The Hall–Kier alpha value is -1.46. The second-order valence-electron chi connectivity index (χ2n) is 2.99. The third-order valence-corrected chi connectivity index (χ3v) is 2.56. The second kappa shape index (κ2) is 4.37. The number of allylic oxidation sites excluding steroid dienone is 1. The average Bonchev–Trinajstić information content (AvgIpc) is 2.14. The van der Waals surface area contributed by atoms with Gasteiger partial charge < -0.3 is 0 Å². The highest BCUT2D eigenvalue weighted by molar-refractivity contribution is 7.85. The maximum absolute atomic E-state index is 10.7. The summed E-state index contributed by atoms with van der Waals surface area (Å²) in [6.07, 6.45) is 2.94. The summed E-state index contributed by atoms with van der Waals surface area (Å²) >= 11 is 0. The van der Waals surface area contributed by atoms with E-state index in [-0.39, 0.29) is 10.7 Å². The van der Waals surface area contributed by atoms with Crippen LogP contribution in [0.2, 0.25) is 0 Å². The first-order chi connectivity index (χ1) is 6.89. The fourth-order valence-electron chi connectivity index (χ4n) is 0.964. The number of carbonyl (C=O) groups excluding carboxylic acids is 1. The first-order valence-electron chi connectivity index (χ1n) is 4.16. The van der Waals surface area contributed by atoms with Crippen molar-refractivity contribution in [2.45, 2.75) is 11.8 Å². The van der Waals surface area contributed by atoms with Crippen molar-refractivity contribution >= 4 is 22.0 Å². The molecule has 0 aromatic heterocycles. The summed E-state index contributed by atoms with van der Waals surface area (Å²) in [5.41, 5.74) is 0.692. The molecule has 0 heterocycles. The van der Waals surface area contributed by atoms with Crippen molar-refractivity contribution in [3.8, 4) is 0 Å². The van der Waals surface area contributed by atoms with Gasteiger partial charge in [-0.25, -0.2) is 0 Å². The van der Waals surface area contributed by atoms with Crippen molar-refractivity contribution in [3.05, 3.63) is 35.9 Å². The van der Waals surface area contributed by atoms with Gasteiger partial charge in [0.2, 0.25) is 0 Å². The topological polar surface area (TPSA) is 71.4 Å². The highest BCUT2D eigenvalue weighted by Gasteiger charge is 2.07. The minimum atomic E-state index is -4.14.